The van der Waals surface area contributed by atoms with E-state index in [0.717, 1.165) is 6.42 Å². The van der Waals surface area contributed by atoms with E-state index in [9.17, 15) is 8.42 Å². The van der Waals surface area contributed by atoms with E-state index in [1.54, 1.807) is 7.11 Å². The van der Waals surface area contributed by atoms with Gasteiger partial charge in [0.25, 0.3) is 0 Å². The van der Waals surface area contributed by atoms with Crippen molar-refractivity contribution in [1.82, 2.24) is 9.97 Å². The molecule has 0 aromatic carbocycles. The van der Waals surface area contributed by atoms with E-state index in [1.807, 2.05) is 0 Å². The highest BCUT2D eigenvalue weighted by Crippen LogP contribution is 2.07. The molecule has 0 aliphatic rings. The third kappa shape index (κ3) is 3.93. The molecule has 0 unspecified atom stereocenters. The summed E-state index contributed by atoms with van der Waals surface area (Å²) in [6.45, 7) is 0.579. The number of aromatic nitrogens is 2. The molecule has 1 aromatic heterocycles. The van der Waals surface area contributed by atoms with Gasteiger partial charge in [-0.3, -0.25) is 4.98 Å². The molecule has 5 nitrogen and oxygen atoms in total. The van der Waals surface area contributed by atoms with Gasteiger partial charge in [0.1, 0.15) is 0 Å². The smallest absolute Gasteiger partial charge is 0.197 e. The van der Waals surface area contributed by atoms with Crippen molar-refractivity contribution in [3.8, 4) is 0 Å². The van der Waals surface area contributed by atoms with Gasteiger partial charge in [0, 0.05) is 26.1 Å². The third-order valence-electron chi connectivity index (χ3n) is 1.87. The van der Waals surface area contributed by atoms with E-state index in [-0.39, 0.29) is 10.8 Å². The third-order valence-corrected chi connectivity index (χ3v) is 3.54. The Bertz CT molecular complexity index is 378. The van der Waals surface area contributed by atoms with E-state index >= 15 is 0 Å². The number of nitrogens with zero attached hydrogens (tertiary/aromatic N) is 2. The number of sulfone groups is 1. The molecule has 0 radical (unpaired) electrons. The van der Waals surface area contributed by atoms with E-state index in [2.05, 4.69) is 9.97 Å². The summed E-state index contributed by atoms with van der Waals surface area (Å²) in [5.41, 5.74) is 0. The van der Waals surface area contributed by atoms with E-state index in [0.29, 0.717) is 13.0 Å². The zero-order valence-electron chi connectivity index (χ0n) is 8.59. The van der Waals surface area contributed by atoms with Crippen LogP contribution < -0.4 is 0 Å². The Balaban J connectivity index is 2.53. The molecule has 0 saturated carbocycles. The Labute approximate surface area is 89.4 Å². The quantitative estimate of drug-likeness (QED) is 0.672. The van der Waals surface area contributed by atoms with Gasteiger partial charge in [-0.2, -0.15) is 0 Å². The molecule has 0 atom stereocenters. The fourth-order valence-electron chi connectivity index (χ4n) is 1.09. The molecule has 1 rings (SSSR count). The van der Waals surface area contributed by atoms with Crippen LogP contribution in [0, 0.1) is 0 Å². The molecule has 0 fully saturated rings. The van der Waals surface area contributed by atoms with Gasteiger partial charge in [0.2, 0.25) is 0 Å². The minimum Gasteiger partial charge on any atom is -0.385 e. The predicted molar refractivity (Wildman–Crippen MR) is 55.2 cm³/mol. The summed E-state index contributed by atoms with van der Waals surface area (Å²) >= 11 is 0. The van der Waals surface area contributed by atoms with Gasteiger partial charge >= 0.3 is 0 Å². The number of methoxy groups -OCH3 is 1. The van der Waals surface area contributed by atoms with E-state index < -0.39 is 9.84 Å². The molecular weight excluding hydrogens is 216 g/mol. The van der Waals surface area contributed by atoms with Gasteiger partial charge in [-0.15, -0.1) is 0 Å². The second kappa shape index (κ2) is 5.77. The summed E-state index contributed by atoms with van der Waals surface area (Å²) in [5, 5.41) is 0.0439. The maximum absolute atomic E-state index is 11.7. The molecule has 0 amide bonds. The van der Waals surface area contributed by atoms with Gasteiger partial charge in [-0.1, -0.05) is 0 Å². The minimum atomic E-state index is -3.27. The van der Waals surface area contributed by atoms with E-state index in [4.69, 9.17) is 4.74 Å². The van der Waals surface area contributed by atoms with Crippen LogP contribution in [0.4, 0.5) is 0 Å². The van der Waals surface area contributed by atoms with Gasteiger partial charge < -0.3 is 4.74 Å². The van der Waals surface area contributed by atoms with Crippen molar-refractivity contribution in [2.45, 2.75) is 17.9 Å². The summed E-state index contributed by atoms with van der Waals surface area (Å²) in [6, 6.07) is 0. The molecule has 0 saturated heterocycles. The van der Waals surface area contributed by atoms with Crippen molar-refractivity contribution in [2.75, 3.05) is 19.5 Å². The Morgan fingerprint density at radius 1 is 1.33 bits per heavy atom. The first-order chi connectivity index (χ1) is 7.17. The van der Waals surface area contributed by atoms with Crippen LogP contribution in [-0.2, 0) is 14.6 Å². The van der Waals surface area contributed by atoms with Gasteiger partial charge in [0.15, 0.2) is 14.9 Å². The summed E-state index contributed by atoms with van der Waals surface area (Å²) in [7, 11) is -1.68. The van der Waals surface area contributed by atoms with Gasteiger partial charge in [-0.25, -0.2) is 13.4 Å². The van der Waals surface area contributed by atoms with Crippen molar-refractivity contribution in [3.63, 3.8) is 0 Å². The molecule has 1 aromatic rings. The normalized spacial score (nSPS) is 11.5. The second-order valence-electron chi connectivity index (χ2n) is 3.06. The summed E-state index contributed by atoms with van der Waals surface area (Å²) in [6.07, 6.45) is 5.40. The van der Waals surface area contributed by atoms with Crippen LogP contribution in [0.15, 0.2) is 23.6 Å². The van der Waals surface area contributed by atoms with Crippen molar-refractivity contribution < 1.29 is 13.2 Å². The fourth-order valence-corrected chi connectivity index (χ4v) is 2.33. The summed E-state index contributed by atoms with van der Waals surface area (Å²) in [5.74, 6) is 0.0923. The van der Waals surface area contributed by atoms with Gasteiger partial charge in [0.05, 0.1) is 11.9 Å². The van der Waals surface area contributed by atoms with Crippen LogP contribution in [-0.4, -0.2) is 37.9 Å². The van der Waals surface area contributed by atoms with E-state index in [1.165, 1.54) is 18.6 Å². The molecule has 0 N–H and O–H groups in total. The van der Waals surface area contributed by atoms with Crippen molar-refractivity contribution in [1.29, 1.82) is 0 Å². The van der Waals surface area contributed by atoms with Crippen LogP contribution >= 0.6 is 0 Å². The molecule has 1 heterocycles. The monoisotopic (exact) mass is 230 g/mol. The Hall–Kier alpha value is -1.01. The highest BCUT2D eigenvalue weighted by Gasteiger charge is 2.14. The molecule has 0 aliphatic carbocycles. The Kier molecular flexibility index (Phi) is 4.64. The molecule has 0 spiro atoms. The first kappa shape index (κ1) is 12.1. The molecule has 0 bridgehead atoms. The number of rotatable bonds is 6. The lowest BCUT2D eigenvalue weighted by molar-refractivity contribution is 0.194. The SMILES string of the molecule is COCCCCS(=O)(=O)c1cnccn1. The minimum absolute atomic E-state index is 0.0439. The molecule has 84 valence electrons. The Morgan fingerprint density at radius 2 is 2.13 bits per heavy atom. The lowest BCUT2D eigenvalue weighted by Crippen LogP contribution is -2.09. The number of ether oxygens (including phenoxy) is 1. The average molecular weight is 230 g/mol. The molecular formula is C9H14N2O3S. The number of hydrogen-bond acceptors (Lipinski definition) is 5. The highest BCUT2D eigenvalue weighted by molar-refractivity contribution is 7.91. The van der Waals surface area contributed by atoms with Crippen molar-refractivity contribution in [2.24, 2.45) is 0 Å². The first-order valence-electron chi connectivity index (χ1n) is 4.64. The zero-order valence-corrected chi connectivity index (χ0v) is 9.40. The maximum atomic E-state index is 11.7. The fraction of sp³-hybridized carbons (Fsp3) is 0.556. The average Bonchev–Trinajstić information content (AvgIpc) is 2.26. The zero-order chi connectivity index (χ0) is 11.1. The summed E-state index contributed by atoms with van der Waals surface area (Å²) in [4.78, 5) is 7.50. The molecule has 15 heavy (non-hydrogen) atoms. The van der Waals surface area contributed by atoms with Crippen LogP contribution in [0.1, 0.15) is 12.8 Å². The first-order valence-corrected chi connectivity index (χ1v) is 6.30. The van der Waals surface area contributed by atoms with Crippen LogP contribution in [0.2, 0.25) is 0 Å². The van der Waals surface area contributed by atoms with Crippen molar-refractivity contribution >= 4 is 9.84 Å². The predicted octanol–water partition coefficient (Wildman–Crippen LogP) is 0.677. The maximum Gasteiger partial charge on any atom is 0.197 e. The lowest BCUT2D eigenvalue weighted by atomic mass is 10.4. The number of unbranched alkanes of at least 4 members (excludes halogenated alkanes) is 1. The van der Waals surface area contributed by atoms with Crippen LogP contribution in [0.3, 0.4) is 0 Å². The molecule has 0 aliphatic heterocycles. The van der Waals surface area contributed by atoms with Crippen LogP contribution in [0.25, 0.3) is 0 Å². The summed E-state index contributed by atoms with van der Waals surface area (Å²) < 4.78 is 28.1. The topological polar surface area (TPSA) is 69.2 Å². The van der Waals surface area contributed by atoms with Crippen molar-refractivity contribution in [3.05, 3.63) is 18.6 Å². The standard InChI is InChI=1S/C9H14N2O3S/c1-14-6-2-3-7-15(12,13)9-8-10-4-5-11-9/h4-5,8H,2-3,6-7H2,1H3. The number of hydrogen-bond donors (Lipinski definition) is 0. The molecule has 6 heteroatoms. The lowest BCUT2D eigenvalue weighted by Gasteiger charge is -2.02. The highest BCUT2D eigenvalue weighted by atomic mass is 32.2. The second-order valence-corrected chi connectivity index (χ2v) is 5.12. The Morgan fingerprint density at radius 3 is 2.73 bits per heavy atom. The van der Waals surface area contributed by atoms with Gasteiger partial charge in [-0.05, 0) is 12.8 Å². The largest absolute Gasteiger partial charge is 0.385 e. The van der Waals surface area contributed by atoms with Crippen LogP contribution in [0.5, 0.6) is 0 Å².